The first kappa shape index (κ1) is 14.8. The first-order chi connectivity index (χ1) is 9.64. The van der Waals surface area contributed by atoms with E-state index in [9.17, 15) is 14.9 Å². The molecule has 1 saturated carbocycles. The van der Waals surface area contributed by atoms with E-state index in [0.29, 0.717) is 25.8 Å². The molecule has 110 valence electrons. The normalized spacial score (nSPS) is 25.6. The van der Waals surface area contributed by atoms with Crippen LogP contribution in [0.15, 0.2) is 0 Å². The summed E-state index contributed by atoms with van der Waals surface area (Å²) in [6, 6.07) is 1.74. The Labute approximate surface area is 119 Å². The Balaban J connectivity index is 2.20. The maximum Gasteiger partial charge on any atom is 0.328 e. The second-order valence-electron chi connectivity index (χ2n) is 5.79. The van der Waals surface area contributed by atoms with Crippen molar-refractivity contribution < 1.29 is 14.3 Å². The SMILES string of the molecule is COC(=O)C1CCCCN1C(=O)C1(C#N)CCCCC1. The van der Waals surface area contributed by atoms with E-state index in [4.69, 9.17) is 4.74 Å². The van der Waals surface area contributed by atoms with Crippen LogP contribution in [0, 0.1) is 16.7 Å². The molecule has 1 saturated heterocycles. The Kier molecular flexibility index (Phi) is 4.64. The Morgan fingerprint density at radius 2 is 1.90 bits per heavy atom. The van der Waals surface area contributed by atoms with Crippen molar-refractivity contribution in [2.45, 2.75) is 57.4 Å². The number of hydrogen-bond donors (Lipinski definition) is 0. The molecule has 1 aliphatic heterocycles. The molecule has 1 amide bonds. The summed E-state index contributed by atoms with van der Waals surface area (Å²) in [7, 11) is 1.35. The number of nitrogens with zero attached hydrogens (tertiary/aromatic N) is 2. The molecule has 1 aliphatic carbocycles. The van der Waals surface area contributed by atoms with E-state index in [2.05, 4.69) is 6.07 Å². The maximum atomic E-state index is 12.8. The van der Waals surface area contributed by atoms with Gasteiger partial charge in [-0.2, -0.15) is 5.26 Å². The molecule has 0 aromatic heterocycles. The standard InChI is InChI=1S/C15H22N2O3/c1-20-13(18)12-7-3-6-10-17(12)14(19)15(11-16)8-4-2-5-9-15/h12H,2-10H2,1H3. The van der Waals surface area contributed by atoms with Crippen LogP contribution in [0.5, 0.6) is 0 Å². The Bertz CT molecular complexity index is 421. The molecular weight excluding hydrogens is 256 g/mol. The van der Waals surface area contributed by atoms with Gasteiger partial charge in [0, 0.05) is 6.54 Å². The van der Waals surface area contributed by atoms with Crippen molar-refractivity contribution in [1.29, 1.82) is 5.26 Å². The predicted molar refractivity (Wildman–Crippen MR) is 72.5 cm³/mol. The van der Waals surface area contributed by atoms with Crippen molar-refractivity contribution in [3.63, 3.8) is 0 Å². The van der Waals surface area contributed by atoms with Crippen LogP contribution in [-0.4, -0.2) is 36.5 Å². The molecule has 1 heterocycles. The van der Waals surface area contributed by atoms with E-state index >= 15 is 0 Å². The molecule has 0 bridgehead atoms. The number of likely N-dealkylation sites (tertiary alicyclic amines) is 1. The average Bonchev–Trinajstić information content (AvgIpc) is 2.54. The first-order valence-corrected chi connectivity index (χ1v) is 7.45. The third-order valence-electron chi connectivity index (χ3n) is 4.57. The minimum atomic E-state index is -0.915. The number of esters is 1. The fourth-order valence-corrected chi connectivity index (χ4v) is 3.36. The summed E-state index contributed by atoms with van der Waals surface area (Å²) < 4.78 is 4.81. The summed E-state index contributed by atoms with van der Waals surface area (Å²) in [6.07, 6.45) is 6.59. The third kappa shape index (κ3) is 2.65. The number of carbonyl (C=O) groups excluding carboxylic acids is 2. The van der Waals surface area contributed by atoms with Gasteiger partial charge in [-0.15, -0.1) is 0 Å². The van der Waals surface area contributed by atoms with E-state index < -0.39 is 11.5 Å². The summed E-state index contributed by atoms with van der Waals surface area (Å²) in [6.45, 7) is 0.558. The molecule has 0 N–H and O–H groups in total. The second-order valence-corrected chi connectivity index (χ2v) is 5.79. The number of hydrogen-bond acceptors (Lipinski definition) is 4. The van der Waals surface area contributed by atoms with Gasteiger partial charge in [-0.3, -0.25) is 4.79 Å². The highest BCUT2D eigenvalue weighted by atomic mass is 16.5. The van der Waals surface area contributed by atoms with Crippen LogP contribution in [0.1, 0.15) is 51.4 Å². The Morgan fingerprint density at radius 3 is 2.50 bits per heavy atom. The quantitative estimate of drug-likeness (QED) is 0.724. The fourth-order valence-electron chi connectivity index (χ4n) is 3.36. The Morgan fingerprint density at radius 1 is 1.20 bits per heavy atom. The highest BCUT2D eigenvalue weighted by Crippen LogP contribution is 2.38. The van der Waals surface area contributed by atoms with Gasteiger partial charge in [-0.25, -0.2) is 4.79 Å². The smallest absolute Gasteiger partial charge is 0.328 e. The molecule has 0 aromatic carbocycles. The van der Waals surface area contributed by atoms with Crippen molar-refractivity contribution in [2.24, 2.45) is 5.41 Å². The van der Waals surface area contributed by atoms with Gasteiger partial charge in [0.15, 0.2) is 0 Å². The van der Waals surface area contributed by atoms with Crippen molar-refractivity contribution in [1.82, 2.24) is 4.90 Å². The second kappa shape index (κ2) is 6.25. The highest BCUT2D eigenvalue weighted by Gasteiger charge is 2.46. The molecule has 2 fully saturated rings. The number of rotatable bonds is 2. The van der Waals surface area contributed by atoms with Crippen LogP contribution in [0.2, 0.25) is 0 Å². The molecule has 20 heavy (non-hydrogen) atoms. The molecule has 0 aromatic rings. The molecule has 0 spiro atoms. The number of carbonyl (C=O) groups is 2. The topological polar surface area (TPSA) is 70.4 Å². The minimum Gasteiger partial charge on any atom is -0.467 e. The average molecular weight is 278 g/mol. The lowest BCUT2D eigenvalue weighted by atomic mass is 9.73. The molecule has 5 heteroatoms. The highest BCUT2D eigenvalue weighted by molar-refractivity contribution is 5.90. The van der Waals surface area contributed by atoms with Gasteiger partial charge in [0.1, 0.15) is 11.5 Å². The summed E-state index contributed by atoms with van der Waals surface area (Å²) in [5, 5.41) is 9.51. The predicted octanol–water partition coefficient (Wildman–Crippen LogP) is 2.01. The van der Waals surface area contributed by atoms with Crippen LogP contribution < -0.4 is 0 Å². The number of piperidine rings is 1. The van der Waals surface area contributed by atoms with Gasteiger partial charge in [-0.05, 0) is 32.1 Å². The van der Waals surface area contributed by atoms with E-state index in [0.717, 1.165) is 32.1 Å². The van der Waals surface area contributed by atoms with Crippen LogP contribution in [-0.2, 0) is 14.3 Å². The van der Waals surface area contributed by atoms with Gasteiger partial charge >= 0.3 is 5.97 Å². The first-order valence-electron chi connectivity index (χ1n) is 7.45. The van der Waals surface area contributed by atoms with Crippen molar-refractivity contribution >= 4 is 11.9 Å². The summed E-state index contributed by atoms with van der Waals surface area (Å²) in [5.41, 5.74) is -0.915. The monoisotopic (exact) mass is 278 g/mol. The zero-order chi connectivity index (χ0) is 14.6. The van der Waals surface area contributed by atoms with Crippen LogP contribution in [0.3, 0.4) is 0 Å². The maximum absolute atomic E-state index is 12.8. The van der Waals surface area contributed by atoms with Gasteiger partial charge < -0.3 is 9.64 Å². The van der Waals surface area contributed by atoms with Crippen LogP contribution >= 0.6 is 0 Å². The van der Waals surface area contributed by atoms with Crippen LogP contribution in [0.4, 0.5) is 0 Å². The molecule has 2 rings (SSSR count). The molecule has 5 nitrogen and oxygen atoms in total. The lowest BCUT2D eigenvalue weighted by molar-refractivity contribution is -0.158. The van der Waals surface area contributed by atoms with Gasteiger partial charge in [0.25, 0.3) is 0 Å². The fraction of sp³-hybridized carbons (Fsp3) is 0.800. The van der Waals surface area contributed by atoms with Gasteiger partial charge in [0.2, 0.25) is 5.91 Å². The molecule has 0 radical (unpaired) electrons. The lowest BCUT2D eigenvalue weighted by Gasteiger charge is -2.40. The molecule has 1 unspecified atom stereocenters. The summed E-state index contributed by atoms with van der Waals surface area (Å²) in [4.78, 5) is 26.3. The molecule has 1 atom stereocenters. The number of ether oxygens (including phenoxy) is 1. The zero-order valence-corrected chi connectivity index (χ0v) is 12.1. The van der Waals surface area contributed by atoms with E-state index in [1.165, 1.54) is 7.11 Å². The summed E-state index contributed by atoms with van der Waals surface area (Å²) >= 11 is 0. The number of nitriles is 1. The minimum absolute atomic E-state index is 0.158. The van der Waals surface area contributed by atoms with E-state index in [-0.39, 0.29) is 11.9 Å². The zero-order valence-electron chi connectivity index (χ0n) is 12.1. The van der Waals surface area contributed by atoms with Gasteiger partial charge in [-0.1, -0.05) is 19.3 Å². The Hall–Kier alpha value is -1.57. The third-order valence-corrected chi connectivity index (χ3v) is 4.57. The van der Waals surface area contributed by atoms with Gasteiger partial charge in [0.05, 0.1) is 13.2 Å². The van der Waals surface area contributed by atoms with Crippen molar-refractivity contribution in [3.05, 3.63) is 0 Å². The van der Waals surface area contributed by atoms with E-state index in [1.807, 2.05) is 0 Å². The number of amides is 1. The van der Waals surface area contributed by atoms with E-state index in [1.54, 1.807) is 4.90 Å². The van der Waals surface area contributed by atoms with Crippen molar-refractivity contribution in [3.8, 4) is 6.07 Å². The molecular formula is C15H22N2O3. The lowest BCUT2D eigenvalue weighted by Crippen LogP contribution is -2.54. The van der Waals surface area contributed by atoms with Crippen molar-refractivity contribution in [2.75, 3.05) is 13.7 Å². The largest absolute Gasteiger partial charge is 0.467 e. The number of methoxy groups -OCH3 is 1. The summed E-state index contributed by atoms with van der Waals surface area (Å²) in [5.74, 6) is -0.517. The van der Waals surface area contributed by atoms with Crippen LogP contribution in [0.25, 0.3) is 0 Å². The molecule has 2 aliphatic rings.